The molecule has 0 saturated carbocycles. The van der Waals surface area contributed by atoms with E-state index in [4.69, 9.17) is 21.0 Å². The van der Waals surface area contributed by atoms with Crippen molar-refractivity contribution in [1.82, 2.24) is 0 Å². The Kier molecular flexibility index (Phi) is 5.46. The van der Waals surface area contributed by atoms with Crippen molar-refractivity contribution in [2.24, 2.45) is 5.73 Å². The molecule has 6 nitrogen and oxygen atoms in total. The number of amidine groups is 1. The number of carbonyl (C=O) groups excluding carboxylic acids is 1. The van der Waals surface area contributed by atoms with E-state index in [2.05, 4.69) is 0 Å². The van der Waals surface area contributed by atoms with Crippen LogP contribution >= 0.6 is 0 Å². The van der Waals surface area contributed by atoms with Gasteiger partial charge in [-0.05, 0) is 41.5 Å². The van der Waals surface area contributed by atoms with E-state index in [-0.39, 0.29) is 12.3 Å². The fourth-order valence-electron chi connectivity index (χ4n) is 1.95. The Bertz CT molecular complexity index is 778. The van der Waals surface area contributed by atoms with Crippen molar-refractivity contribution in [3.63, 3.8) is 0 Å². The van der Waals surface area contributed by atoms with E-state index in [9.17, 15) is 9.59 Å². The third-order valence-electron chi connectivity index (χ3n) is 3.14. The number of nitrogen functional groups attached to an aromatic ring is 1. The molecule has 0 saturated heterocycles. The highest BCUT2D eigenvalue weighted by Gasteiger charge is 2.07. The Morgan fingerprint density at radius 2 is 1.71 bits per heavy atom. The summed E-state index contributed by atoms with van der Waals surface area (Å²) in [4.78, 5) is 22.4. The van der Waals surface area contributed by atoms with Gasteiger partial charge in [0.2, 0.25) is 0 Å². The predicted octanol–water partition coefficient (Wildman–Crippen LogP) is 2.22. The number of hydrogen-bond acceptors (Lipinski definition) is 4. The van der Waals surface area contributed by atoms with Crippen LogP contribution in [0.5, 0.6) is 5.75 Å². The second kappa shape index (κ2) is 7.73. The van der Waals surface area contributed by atoms with Gasteiger partial charge in [-0.1, -0.05) is 24.3 Å². The van der Waals surface area contributed by atoms with E-state index >= 15 is 0 Å². The third kappa shape index (κ3) is 5.10. The Morgan fingerprint density at radius 3 is 2.25 bits per heavy atom. The van der Waals surface area contributed by atoms with E-state index < -0.39 is 11.9 Å². The molecule has 0 bridgehead atoms. The van der Waals surface area contributed by atoms with Gasteiger partial charge in [-0.15, -0.1) is 0 Å². The molecule has 0 aliphatic rings. The summed E-state index contributed by atoms with van der Waals surface area (Å²) in [6.45, 7) is 0. The molecule has 2 aromatic carbocycles. The van der Waals surface area contributed by atoms with E-state index in [1.807, 2.05) is 0 Å². The van der Waals surface area contributed by atoms with Crippen LogP contribution in [0.4, 0.5) is 0 Å². The fourth-order valence-corrected chi connectivity index (χ4v) is 1.95. The largest absolute Gasteiger partial charge is 0.478 e. The number of esters is 1. The molecule has 0 aliphatic heterocycles. The molecule has 24 heavy (non-hydrogen) atoms. The average molecular weight is 324 g/mol. The van der Waals surface area contributed by atoms with Crippen LogP contribution in [0, 0.1) is 5.41 Å². The standard InChI is InChI=1S/C18H16N2O4/c19-18(20)14-6-8-15(9-7-14)24-17(23)11-13-3-1-12(2-4-13)5-10-16(21)22/h1-10H,11H2,(H3,19,20)(H,21,22)/b10-5+. The van der Waals surface area contributed by atoms with Gasteiger partial charge in [0.25, 0.3) is 0 Å². The van der Waals surface area contributed by atoms with Crippen molar-refractivity contribution in [1.29, 1.82) is 5.41 Å². The zero-order chi connectivity index (χ0) is 17.5. The molecule has 0 heterocycles. The van der Waals surface area contributed by atoms with Crippen LogP contribution in [0.3, 0.4) is 0 Å². The number of rotatable bonds is 6. The predicted molar refractivity (Wildman–Crippen MR) is 89.9 cm³/mol. The van der Waals surface area contributed by atoms with Crippen LogP contribution in [0.15, 0.2) is 54.6 Å². The third-order valence-corrected chi connectivity index (χ3v) is 3.14. The first-order valence-electron chi connectivity index (χ1n) is 7.09. The van der Waals surface area contributed by atoms with Crippen molar-refractivity contribution in [2.75, 3.05) is 0 Å². The minimum absolute atomic E-state index is 0.0510. The van der Waals surface area contributed by atoms with Gasteiger partial charge in [0, 0.05) is 11.6 Å². The van der Waals surface area contributed by atoms with Gasteiger partial charge in [0.15, 0.2) is 0 Å². The first-order valence-corrected chi connectivity index (χ1v) is 7.09. The molecule has 0 unspecified atom stereocenters. The molecular formula is C18H16N2O4. The van der Waals surface area contributed by atoms with E-state index in [0.29, 0.717) is 11.3 Å². The fraction of sp³-hybridized carbons (Fsp3) is 0.0556. The normalized spacial score (nSPS) is 10.5. The Morgan fingerprint density at radius 1 is 1.08 bits per heavy atom. The minimum Gasteiger partial charge on any atom is -0.478 e. The lowest BCUT2D eigenvalue weighted by Crippen LogP contribution is -2.12. The molecule has 0 atom stereocenters. The Balaban J connectivity index is 1.94. The second-order valence-corrected chi connectivity index (χ2v) is 5.00. The van der Waals surface area contributed by atoms with Gasteiger partial charge in [-0.3, -0.25) is 10.2 Å². The zero-order valence-corrected chi connectivity index (χ0v) is 12.7. The summed E-state index contributed by atoms with van der Waals surface area (Å²) in [5.41, 5.74) is 7.40. The van der Waals surface area contributed by atoms with Gasteiger partial charge < -0.3 is 15.6 Å². The lowest BCUT2D eigenvalue weighted by Gasteiger charge is -2.06. The summed E-state index contributed by atoms with van der Waals surface area (Å²) in [5.74, 6) is -1.10. The van der Waals surface area contributed by atoms with Crippen molar-refractivity contribution in [3.05, 3.63) is 71.3 Å². The molecule has 6 heteroatoms. The van der Waals surface area contributed by atoms with E-state index in [1.54, 1.807) is 48.5 Å². The van der Waals surface area contributed by atoms with Crippen LogP contribution in [-0.4, -0.2) is 22.9 Å². The number of hydrogen-bond donors (Lipinski definition) is 3. The van der Waals surface area contributed by atoms with Crippen molar-refractivity contribution < 1.29 is 19.4 Å². The Labute approximate surface area is 138 Å². The van der Waals surface area contributed by atoms with Crippen LogP contribution in [0.25, 0.3) is 6.08 Å². The topological polar surface area (TPSA) is 113 Å². The summed E-state index contributed by atoms with van der Waals surface area (Å²) >= 11 is 0. The smallest absolute Gasteiger partial charge is 0.328 e. The monoisotopic (exact) mass is 324 g/mol. The van der Waals surface area contributed by atoms with Crippen LogP contribution < -0.4 is 10.5 Å². The van der Waals surface area contributed by atoms with E-state index in [1.165, 1.54) is 6.08 Å². The highest BCUT2D eigenvalue weighted by molar-refractivity contribution is 5.95. The van der Waals surface area contributed by atoms with Gasteiger partial charge >= 0.3 is 11.9 Å². The molecule has 0 fully saturated rings. The molecule has 0 aromatic heterocycles. The maximum Gasteiger partial charge on any atom is 0.328 e. The van der Waals surface area contributed by atoms with Crippen molar-refractivity contribution in [2.45, 2.75) is 6.42 Å². The number of nitrogens with two attached hydrogens (primary N) is 1. The summed E-state index contributed by atoms with van der Waals surface area (Å²) in [6.07, 6.45) is 2.62. The van der Waals surface area contributed by atoms with Crippen LogP contribution in [0.1, 0.15) is 16.7 Å². The quantitative estimate of drug-likeness (QED) is 0.248. The average Bonchev–Trinajstić information content (AvgIpc) is 2.54. The molecule has 4 N–H and O–H groups in total. The number of aliphatic carboxylic acids is 1. The molecule has 2 rings (SSSR count). The summed E-state index contributed by atoms with van der Waals surface area (Å²) in [5, 5.41) is 15.9. The van der Waals surface area contributed by atoms with Crippen LogP contribution in [0.2, 0.25) is 0 Å². The molecule has 0 amide bonds. The minimum atomic E-state index is -1.02. The summed E-state index contributed by atoms with van der Waals surface area (Å²) < 4.78 is 5.22. The highest BCUT2D eigenvalue weighted by Crippen LogP contribution is 2.14. The summed E-state index contributed by atoms with van der Waals surface area (Å²) in [7, 11) is 0. The van der Waals surface area contributed by atoms with Crippen molar-refractivity contribution in [3.8, 4) is 5.75 Å². The number of carboxylic acid groups (broad SMARTS) is 1. The highest BCUT2D eigenvalue weighted by atomic mass is 16.5. The maximum atomic E-state index is 11.9. The molecule has 2 aromatic rings. The van der Waals surface area contributed by atoms with Crippen molar-refractivity contribution >= 4 is 23.9 Å². The SMILES string of the molecule is N=C(N)c1ccc(OC(=O)Cc2ccc(/C=C/C(=O)O)cc2)cc1. The van der Waals surface area contributed by atoms with Gasteiger partial charge in [0.05, 0.1) is 6.42 Å². The first-order chi connectivity index (χ1) is 11.4. The zero-order valence-electron chi connectivity index (χ0n) is 12.7. The van der Waals surface area contributed by atoms with Gasteiger partial charge in [-0.25, -0.2) is 4.79 Å². The van der Waals surface area contributed by atoms with E-state index in [0.717, 1.165) is 17.2 Å². The van der Waals surface area contributed by atoms with Crippen LogP contribution in [-0.2, 0) is 16.0 Å². The summed E-state index contributed by atoms with van der Waals surface area (Å²) in [6, 6.07) is 13.3. The maximum absolute atomic E-state index is 11.9. The molecule has 0 spiro atoms. The number of carbonyl (C=O) groups is 2. The number of benzene rings is 2. The van der Waals surface area contributed by atoms with Gasteiger partial charge in [0.1, 0.15) is 11.6 Å². The first kappa shape index (κ1) is 17.0. The number of ether oxygens (including phenoxy) is 1. The number of carboxylic acids is 1. The van der Waals surface area contributed by atoms with Gasteiger partial charge in [-0.2, -0.15) is 0 Å². The molecule has 0 aliphatic carbocycles. The number of nitrogens with one attached hydrogen (secondary N) is 1. The molecule has 122 valence electrons. The lowest BCUT2D eigenvalue weighted by molar-refractivity contribution is -0.134. The second-order valence-electron chi connectivity index (χ2n) is 5.00. The lowest BCUT2D eigenvalue weighted by atomic mass is 10.1. The Hall–Kier alpha value is -3.41. The molecular weight excluding hydrogens is 308 g/mol. The molecule has 0 radical (unpaired) electrons.